The maximum atomic E-state index is 14.4. The van der Waals surface area contributed by atoms with Gasteiger partial charge in [0, 0.05) is 17.2 Å². The summed E-state index contributed by atoms with van der Waals surface area (Å²) in [6, 6.07) is 8.40. The lowest BCUT2D eigenvalue weighted by atomic mass is 10.0. The van der Waals surface area contributed by atoms with E-state index in [-0.39, 0.29) is 17.7 Å². The van der Waals surface area contributed by atoms with Crippen molar-refractivity contribution in [3.8, 4) is 17.1 Å². The highest BCUT2D eigenvalue weighted by atomic mass is 19.4. The molecule has 0 saturated heterocycles. The molecule has 2 aromatic carbocycles. The van der Waals surface area contributed by atoms with E-state index in [0.29, 0.717) is 17.2 Å². The SMILES string of the molecule is Cc1ccc(C(Oc2cc(-c3ccc(C[C@H](N)C(=O)O)cc3)nc(N)n2)C(F)(F)C(F)(F)F)cc1F. The molecular weight excluding hydrogens is 494 g/mol. The Hall–Kier alpha value is -3.87. The molecule has 3 rings (SSSR count). The van der Waals surface area contributed by atoms with Crippen LogP contribution in [-0.2, 0) is 11.2 Å². The van der Waals surface area contributed by atoms with Gasteiger partial charge in [0.25, 0.3) is 0 Å². The number of hydrogen-bond donors (Lipinski definition) is 3. The van der Waals surface area contributed by atoms with Crippen LogP contribution in [0.1, 0.15) is 22.8 Å². The first-order valence-electron chi connectivity index (χ1n) is 10.3. The van der Waals surface area contributed by atoms with Gasteiger partial charge in [-0.25, -0.2) is 9.37 Å². The van der Waals surface area contributed by atoms with Crippen LogP contribution in [0, 0.1) is 12.7 Å². The fourth-order valence-corrected chi connectivity index (χ4v) is 3.20. The first-order valence-corrected chi connectivity index (χ1v) is 10.3. The van der Waals surface area contributed by atoms with Crippen molar-refractivity contribution < 1.29 is 41.0 Å². The number of alkyl halides is 5. The Morgan fingerprint density at radius 3 is 2.25 bits per heavy atom. The molecule has 0 aliphatic rings. The average Bonchev–Trinajstić information content (AvgIpc) is 2.78. The van der Waals surface area contributed by atoms with E-state index < -0.39 is 53.4 Å². The second-order valence-electron chi connectivity index (χ2n) is 7.92. The van der Waals surface area contributed by atoms with Gasteiger partial charge in [-0.15, -0.1) is 0 Å². The summed E-state index contributed by atoms with van der Waals surface area (Å²) < 4.78 is 87.5. The summed E-state index contributed by atoms with van der Waals surface area (Å²) in [6.45, 7) is 1.31. The predicted molar refractivity (Wildman–Crippen MR) is 117 cm³/mol. The Kier molecular flexibility index (Phi) is 7.43. The second-order valence-corrected chi connectivity index (χ2v) is 7.92. The van der Waals surface area contributed by atoms with Crippen molar-refractivity contribution in [3.05, 3.63) is 71.0 Å². The highest BCUT2D eigenvalue weighted by molar-refractivity contribution is 5.73. The van der Waals surface area contributed by atoms with Gasteiger partial charge in [-0.2, -0.15) is 26.9 Å². The Morgan fingerprint density at radius 1 is 1.06 bits per heavy atom. The number of carbonyl (C=O) groups is 1. The number of aliphatic carboxylic acids is 1. The maximum absolute atomic E-state index is 14.4. The van der Waals surface area contributed by atoms with Crippen LogP contribution in [0.5, 0.6) is 5.88 Å². The first-order chi connectivity index (χ1) is 16.7. The van der Waals surface area contributed by atoms with Gasteiger partial charge in [-0.3, -0.25) is 4.79 Å². The number of nitrogens with two attached hydrogens (primary N) is 2. The van der Waals surface area contributed by atoms with Crippen LogP contribution in [0.3, 0.4) is 0 Å². The lowest BCUT2D eigenvalue weighted by Gasteiger charge is -2.29. The number of aryl methyl sites for hydroxylation is 1. The van der Waals surface area contributed by atoms with Crippen LogP contribution < -0.4 is 16.2 Å². The molecule has 1 unspecified atom stereocenters. The van der Waals surface area contributed by atoms with Crippen molar-refractivity contribution in [2.75, 3.05) is 5.73 Å². The molecule has 0 bridgehead atoms. The molecule has 36 heavy (non-hydrogen) atoms. The normalized spacial score (nSPS) is 13.8. The largest absolute Gasteiger partial charge is 0.480 e. The van der Waals surface area contributed by atoms with E-state index in [1.807, 2.05) is 0 Å². The lowest BCUT2D eigenvalue weighted by molar-refractivity contribution is -0.311. The van der Waals surface area contributed by atoms with Crippen LogP contribution in [0.25, 0.3) is 11.3 Å². The molecular formula is C23H20F6N4O3. The van der Waals surface area contributed by atoms with E-state index in [1.54, 1.807) is 0 Å². The first kappa shape index (κ1) is 26.7. The van der Waals surface area contributed by atoms with Gasteiger partial charge in [0.1, 0.15) is 11.9 Å². The number of nitrogens with zero attached hydrogens (tertiary/aromatic N) is 2. The van der Waals surface area contributed by atoms with E-state index in [1.165, 1.54) is 31.2 Å². The van der Waals surface area contributed by atoms with Crippen LogP contribution in [-0.4, -0.2) is 39.2 Å². The topological polar surface area (TPSA) is 124 Å². The Bertz CT molecular complexity index is 1250. The number of rotatable bonds is 8. The van der Waals surface area contributed by atoms with Gasteiger partial charge in [0.15, 0.2) is 6.10 Å². The fourth-order valence-electron chi connectivity index (χ4n) is 3.20. The molecule has 0 saturated carbocycles. The van der Waals surface area contributed by atoms with Crippen molar-refractivity contribution in [2.24, 2.45) is 5.73 Å². The highest BCUT2D eigenvalue weighted by Crippen LogP contribution is 2.46. The van der Waals surface area contributed by atoms with E-state index in [4.69, 9.17) is 21.3 Å². The molecule has 13 heteroatoms. The minimum Gasteiger partial charge on any atom is -0.480 e. The third-order valence-corrected chi connectivity index (χ3v) is 5.19. The zero-order valence-electron chi connectivity index (χ0n) is 18.6. The van der Waals surface area contributed by atoms with Gasteiger partial charge < -0.3 is 21.3 Å². The number of nitrogen functional groups attached to an aromatic ring is 1. The van der Waals surface area contributed by atoms with Gasteiger partial charge in [-0.05, 0) is 30.5 Å². The van der Waals surface area contributed by atoms with Crippen molar-refractivity contribution >= 4 is 11.9 Å². The predicted octanol–water partition coefficient (Wildman–Crippen LogP) is 4.45. The molecule has 5 N–H and O–H groups in total. The second kappa shape index (κ2) is 10.0. The summed E-state index contributed by atoms with van der Waals surface area (Å²) in [4.78, 5) is 18.5. The standard InChI is InChI=1S/C23H20F6N4O3/c1-11-2-5-14(9-15(11)24)19(22(25,26)23(27,28)29)36-18-10-17(32-21(31)33-18)13-6-3-12(4-7-13)8-16(30)20(34)35/h2-7,9-10,16,19H,8,30H2,1H3,(H,34,35)(H2,31,32,33)/t16-,19?/m0/s1. The van der Waals surface area contributed by atoms with E-state index in [0.717, 1.165) is 18.2 Å². The fraction of sp³-hybridized carbons (Fsp3) is 0.261. The van der Waals surface area contributed by atoms with Crippen molar-refractivity contribution in [1.82, 2.24) is 9.97 Å². The number of benzene rings is 2. The van der Waals surface area contributed by atoms with Crippen LogP contribution in [0.4, 0.5) is 32.3 Å². The molecule has 7 nitrogen and oxygen atoms in total. The molecule has 0 spiro atoms. The highest BCUT2D eigenvalue weighted by Gasteiger charge is 2.64. The molecule has 1 heterocycles. The van der Waals surface area contributed by atoms with Gasteiger partial charge in [-0.1, -0.05) is 36.4 Å². The number of carboxylic acid groups (broad SMARTS) is 1. The molecule has 0 amide bonds. The number of carboxylic acids is 1. The molecule has 192 valence electrons. The number of anilines is 1. The van der Waals surface area contributed by atoms with Crippen LogP contribution in [0.15, 0.2) is 48.5 Å². The van der Waals surface area contributed by atoms with E-state index >= 15 is 0 Å². The number of aromatic nitrogens is 2. The summed E-state index contributed by atoms with van der Waals surface area (Å²) in [6.07, 6.45) is -8.97. The number of halogens is 6. The lowest BCUT2D eigenvalue weighted by Crippen LogP contribution is -2.44. The number of ether oxygens (including phenoxy) is 1. The minimum absolute atomic E-state index is 0.0238. The van der Waals surface area contributed by atoms with Gasteiger partial charge in [0.05, 0.1) is 5.69 Å². The van der Waals surface area contributed by atoms with E-state index in [9.17, 15) is 31.1 Å². The zero-order valence-corrected chi connectivity index (χ0v) is 18.6. The summed E-state index contributed by atoms with van der Waals surface area (Å²) in [7, 11) is 0. The Morgan fingerprint density at radius 2 is 1.69 bits per heavy atom. The zero-order chi connectivity index (χ0) is 26.8. The van der Waals surface area contributed by atoms with Crippen molar-refractivity contribution in [2.45, 2.75) is 37.6 Å². The quantitative estimate of drug-likeness (QED) is 0.380. The monoisotopic (exact) mass is 514 g/mol. The van der Waals surface area contributed by atoms with Crippen LogP contribution >= 0.6 is 0 Å². The molecule has 0 aliphatic carbocycles. The summed E-state index contributed by atoms with van der Waals surface area (Å²) >= 11 is 0. The van der Waals surface area contributed by atoms with Crippen molar-refractivity contribution in [3.63, 3.8) is 0 Å². The van der Waals surface area contributed by atoms with Gasteiger partial charge in [0.2, 0.25) is 11.8 Å². The molecule has 2 atom stereocenters. The number of hydrogen-bond acceptors (Lipinski definition) is 6. The van der Waals surface area contributed by atoms with E-state index in [2.05, 4.69) is 9.97 Å². The third-order valence-electron chi connectivity index (χ3n) is 5.19. The van der Waals surface area contributed by atoms with Gasteiger partial charge >= 0.3 is 18.1 Å². The van der Waals surface area contributed by atoms with Crippen molar-refractivity contribution in [1.29, 1.82) is 0 Å². The minimum atomic E-state index is -6.02. The summed E-state index contributed by atoms with van der Waals surface area (Å²) in [5, 5.41) is 8.91. The Balaban J connectivity index is 1.98. The molecule has 1 aromatic heterocycles. The maximum Gasteiger partial charge on any atom is 0.457 e. The van der Waals surface area contributed by atoms with Crippen LogP contribution in [0.2, 0.25) is 0 Å². The summed E-state index contributed by atoms with van der Waals surface area (Å²) in [5.74, 6) is -8.79. The molecule has 3 aromatic rings. The Labute approximate surface area is 200 Å². The molecule has 0 aliphatic heterocycles. The average molecular weight is 514 g/mol. The summed E-state index contributed by atoms with van der Waals surface area (Å²) in [5.41, 5.74) is 11.3. The smallest absolute Gasteiger partial charge is 0.457 e. The molecule has 0 radical (unpaired) electrons. The third kappa shape index (κ3) is 5.85. The molecule has 0 fully saturated rings.